The Bertz CT molecular complexity index is 812. The van der Waals surface area contributed by atoms with Crippen LogP contribution in [0.4, 0.5) is 0 Å². The normalized spacial score (nSPS) is 16.2. The number of aryl methyl sites for hydroxylation is 1. The molecule has 1 aromatic rings. The van der Waals surface area contributed by atoms with E-state index in [-0.39, 0.29) is 28.6 Å². The van der Waals surface area contributed by atoms with Crippen LogP contribution in [0, 0.1) is 0 Å². The second-order valence-corrected chi connectivity index (χ2v) is 15.8. The molecule has 1 saturated heterocycles. The number of aromatic hydroxyl groups is 1. The number of phenolic OH excluding ortho intramolecular Hbond substituents is 1. The lowest BCUT2D eigenvalue weighted by atomic mass is 10.0. The van der Waals surface area contributed by atoms with Gasteiger partial charge in [0.2, 0.25) is 0 Å². The molecule has 0 bridgehead atoms. The molecule has 2 rings (SSSR count). The van der Waals surface area contributed by atoms with Crippen LogP contribution < -0.4 is 0 Å². The van der Waals surface area contributed by atoms with E-state index in [9.17, 15) is 20.1 Å². The summed E-state index contributed by atoms with van der Waals surface area (Å²) >= 11 is 3.82. The average Bonchev–Trinajstić information content (AvgIpc) is 2.98. The van der Waals surface area contributed by atoms with E-state index in [1.165, 1.54) is 102 Å². The molecule has 3 N–H and O–H groups in total. The highest BCUT2D eigenvalue weighted by Crippen LogP contribution is 2.49. The zero-order valence-corrected chi connectivity index (χ0v) is 28.7. The molecule has 7 heteroatoms. The number of unbranched alkanes of at least 4 members (excludes halogenated alkanes) is 15. The molecule has 5 nitrogen and oxygen atoms in total. The van der Waals surface area contributed by atoms with Gasteiger partial charge in [0.25, 0.3) is 0 Å². The van der Waals surface area contributed by atoms with Crippen LogP contribution in [0.3, 0.4) is 0 Å². The van der Waals surface area contributed by atoms with Gasteiger partial charge >= 0.3 is 5.97 Å². The minimum Gasteiger partial charge on any atom is -0.508 e. The molecule has 0 spiro atoms. The van der Waals surface area contributed by atoms with E-state index < -0.39 is 12.2 Å². The molecule has 0 amide bonds. The Morgan fingerprint density at radius 1 is 0.791 bits per heavy atom. The topological polar surface area (TPSA) is 87.0 Å². The van der Waals surface area contributed by atoms with Crippen molar-refractivity contribution in [2.45, 2.75) is 164 Å². The number of hydrogen-bond donors (Lipinski definition) is 3. The number of carbonyl (C=O) groups is 1. The van der Waals surface area contributed by atoms with Crippen LogP contribution in [-0.2, 0) is 16.0 Å². The Morgan fingerprint density at radius 3 is 1.84 bits per heavy atom. The lowest BCUT2D eigenvalue weighted by Gasteiger charge is -2.38. The second kappa shape index (κ2) is 24.4. The summed E-state index contributed by atoms with van der Waals surface area (Å²) in [4.78, 5) is 12.2. The number of benzene rings is 1. The van der Waals surface area contributed by atoms with Crippen molar-refractivity contribution in [2.75, 3.05) is 18.1 Å². The Labute approximate surface area is 271 Å². The lowest BCUT2D eigenvalue weighted by Crippen LogP contribution is -2.33. The highest BCUT2D eigenvalue weighted by molar-refractivity contribution is 8.18. The maximum atomic E-state index is 12.2. The van der Waals surface area contributed by atoms with Gasteiger partial charge in [0.1, 0.15) is 5.75 Å². The molecule has 43 heavy (non-hydrogen) atoms. The Kier molecular flexibility index (Phi) is 21.7. The van der Waals surface area contributed by atoms with E-state index in [1.54, 1.807) is 12.1 Å². The summed E-state index contributed by atoms with van der Waals surface area (Å²) < 4.78 is 5.28. The maximum absolute atomic E-state index is 12.2. The molecule has 1 aliphatic heterocycles. The van der Waals surface area contributed by atoms with Gasteiger partial charge in [0.15, 0.2) is 0 Å². The van der Waals surface area contributed by atoms with Gasteiger partial charge in [-0.15, -0.1) is 23.5 Å². The molecule has 0 radical (unpaired) electrons. The van der Waals surface area contributed by atoms with Gasteiger partial charge in [-0.3, -0.25) is 4.79 Å². The van der Waals surface area contributed by atoms with Gasteiger partial charge in [-0.05, 0) is 67.7 Å². The van der Waals surface area contributed by atoms with Gasteiger partial charge in [-0.2, -0.15) is 0 Å². The first-order chi connectivity index (χ1) is 20.9. The first-order valence-corrected chi connectivity index (χ1v) is 19.5. The summed E-state index contributed by atoms with van der Waals surface area (Å²) in [7, 11) is 0. The van der Waals surface area contributed by atoms with Gasteiger partial charge in [-0.25, -0.2) is 0 Å². The summed E-state index contributed by atoms with van der Waals surface area (Å²) in [6.07, 6.45) is 23.1. The highest BCUT2D eigenvalue weighted by Gasteiger charge is 2.36. The molecule has 248 valence electrons. The van der Waals surface area contributed by atoms with Crippen molar-refractivity contribution in [1.29, 1.82) is 0 Å². The summed E-state index contributed by atoms with van der Waals surface area (Å²) in [6, 6.07) is 7.34. The number of aliphatic hydroxyl groups excluding tert-OH is 2. The van der Waals surface area contributed by atoms with Crippen LogP contribution >= 0.6 is 23.5 Å². The van der Waals surface area contributed by atoms with E-state index in [1.807, 2.05) is 35.7 Å². The summed E-state index contributed by atoms with van der Waals surface area (Å²) in [6.45, 7) is 2.69. The third kappa shape index (κ3) is 19.3. The predicted octanol–water partition coefficient (Wildman–Crippen LogP) is 9.59. The number of phenols is 1. The van der Waals surface area contributed by atoms with Crippen LogP contribution in [0.25, 0.3) is 0 Å². The molecule has 2 atom stereocenters. The number of thioether (sulfide) groups is 2. The molecule has 1 heterocycles. The van der Waals surface area contributed by atoms with E-state index in [0.29, 0.717) is 13.0 Å². The largest absolute Gasteiger partial charge is 0.508 e. The zero-order valence-electron chi connectivity index (χ0n) is 27.1. The predicted molar refractivity (Wildman–Crippen MR) is 185 cm³/mol. The minimum atomic E-state index is -0.888. The molecule has 0 unspecified atom stereocenters. The molecule has 1 fully saturated rings. The molecule has 0 aliphatic carbocycles. The second-order valence-electron chi connectivity index (χ2n) is 12.6. The van der Waals surface area contributed by atoms with Crippen molar-refractivity contribution in [3.8, 4) is 5.75 Å². The van der Waals surface area contributed by atoms with Gasteiger partial charge in [-0.1, -0.05) is 115 Å². The Hall–Kier alpha value is -0.890. The third-order valence-corrected chi connectivity index (χ3v) is 12.0. The van der Waals surface area contributed by atoms with Crippen molar-refractivity contribution in [1.82, 2.24) is 0 Å². The van der Waals surface area contributed by atoms with Crippen LogP contribution in [0.15, 0.2) is 24.3 Å². The van der Waals surface area contributed by atoms with Crippen molar-refractivity contribution in [3.63, 3.8) is 0 Å². The molecule has 0 aromatic heterocycles. The Balaban J connectivity index is 1.47. The van der Waals surface area contributed by atoms with Crippen LogP contribution in [-0.4, -0.2) is 55.7 Å². The fourth-order valence-corrected chi connectivity index (χ4v) is 9.36. The van der Waals surface area contributed by atoms with E-state index >= 15 is 0 Å². The first kappa shape index (κ1) is 38.3. The van der Waals surface area contributed by atoms with Crippen LogP contribution in [0.1, 0.15) is 147 Å². The number of ether oxygens (including phenoxy) is 1. The summed E-state index contributed by atoms with van der Waals surface area (Å²) in [5.74, 6) is 2.05. The summed E-state index contributed by atoms with van der Waals surface area (Å²) in [5.41, 5.74) is 1.17. The quantitative estimate of drug-likeness (QED) is 0.0688. The maximum Gasteiger partial charge on any atom is 0.308 e. The number of aliphatic hydroxyl groups is 2. The molecular weight excluding hydrogens is 577 g/mol. The molecular formula is C36H62O5S2. The van der Waals surface area contributed by atoms with Gasteiger partial charge in [0, 0.05) is 0 Å². The van der Waals surface area contributed by atoms with Gasteiger partial charge in [0.05, 0.1) is 29.3 Å². The number of carbonyl (C=O) groups excluding carboxylic acids is 1. The smallest absolute Gasteiger partial charge is 0.308 e. The molecule has 1 aliphatic rings. The third-order valence-electron chi connectivity index (χ3n) is 8.50. The number of esters is 1. The fraction of sp³-hybridized carbons (Fsp3) is 0.806. The first-order valence-electron chi connectivity index (χ1n) is 17.5. The van der Waals surface area contributed by atoms with E-state index in [2.05, 4.69) is 6.92 Å². The highest BCUT2D eigenvalue weighted by atomic mass is 32.2. The SMILES string of the molecule is CCCCCCCCCCCCCCCCCCOC(=O)C[C@H](O)C[C@H](O)CC1(CCc2ccc(O)cc2)SCCCS1. The number of hydrogen-bond acceptors (Lipinski definition) is 7. The standard InChI is InChI=1S/C36H62O5S2/c1-2-3-4-5-6-7-8-9-10-11-12-13-14-15-16-17-25-41-35(40)29-33(38)28-34(39)30-36(42-26-18-27-43-36)24-23-31-19-21-32(37)22-20-31/h19-22,33-34,37-39H,2-18,23-30H2,1H3/t33-,34+/m1/s1. The molecule has 0 saturated carbocycles. The zero-order chi connectivity index (χ0) is 31.0. The van der Waals surface area contributed by atoms with Crippen molar-refractivity contribution >= 4 is 29.5 Å². The Morgan fingerprint density at radius 2 is 1.30 bits per heavy atom. The van der Waals surface area contributed by atoms with E-state index in [0.717, 1.165) is 37.2 Å². The molecule has 1 aromatic carbocycles. The monoisotopic (exact) mass is 638 g/mol. The van der Waals surface area contributed by atoms with Crippen LogP contribution in [0.5, 0.6) is 5.75 Å². The lowest BCUT2D eigenvalue weighted by molar-refractivity contribution is -0.146. The summed E-state index contributed by atoms with van der Waals surface area (Å²) in [5, 5.41) is 30.9. The fourth-order valence-electron chi connectivity index (χ4n) is 5.91. The van der Waals surface area contributed by atoms with Crippen molar-refractivity contribution in [3.05, 3.63) is 29.8 Å². The van der Waals surface area contributed by atoms with Crippen LogP contribution in [0.2, 0.25) is 0 Å². The van der Waals surface area contributed by atoms with Crippen molar-refractivity contribution < 1.29 is 24.9 Å². The van der Waals surface area contributed by atoms with Gasteiger partial charge < -0.3 is 20.1 Å². The average molecular weight is 639 g/mol. The minimum absolute atomic E-state index is 0.0588. The number of rotatable bonds is 26. The van der Waals surface area contributed by atoms with E-state index in [4.69, 9.17) is 4.74 Å². The van der Waals surface area contributed by atoms with Crippen molar-refractivity contribution in [2.24, 2.45) is 0 Å².